The van der Waals surface area contributed by atoms with Crippen molar-refractivity contribution in [3.8, 4) is 0 Å². The normalized spacial score (nSPS) is 16.1. The highest BCUT2D eigenvalue weighted by Gasteiger charge is 2.41. The molecule has 0 unspecified atom stereocenters. The molecule has 1 fully saturated rings. The number of aryl methyl sites for hydroxylation is 1. The van der Waals surface area contributed by atoms with Gasteiger partial charge in [-0.15, -0.1) is 0 Å². The van der Waals surface area contributed by atoms with Gasteiger partial charge >= 0.3 is 0 Å². The number of carbonyl (C=O) groups excluding carboxylic acids is 1. The SMILES string of the molecule is Cc1ccc(NC(=O)C2(c3ccc(F)cc3)CCOCC2)cc1[N+](=O)[O-]. The first-order valence-electron chi connectivity index (χ1n) is 8.33. The Labute approximate surface area is 150 Å². The summed E-state index contributed by atoms with van der Waals surface area (Å²) in [5, 5.41) is 13.9. The molecule has 0 saturated carbocycles. The number of nitro benzene ring substituents is 1. The summed E-state index contributed by atoms with van der Waals surface area (Å²) < 4.78 is 18.7. The van der Waals surface area contributed by atoms with Crippen LogP contribution in [0.4, 0.5) is 15.8 Å². The number of rotatable bonds is 4. The van der Waals surface area contributed by atoms with Crippen LogP contribution >= 0.6 is 0 Å². The smallest absolute Gasteiger partial charge is 0.274 e. The van der Waals surface area contributed by atoms with Crippen LogP contribution in [0.2, 0.25) is 0 Å². The van der Waals surface area contributed by atoms with E-state index in [-0.39, 0.29) is 17.4 Å². The summed E-state index contributed by atoms with van der Waals surface area (Å²) in [6.45, 7) is 2.47. The van der Waals surface area contributed by atoms with Crippen LogP contribution in [0.3, 0.4) is 0 Å². The molecule has 26 heavy (non-hydrogen) atoms. The summed E-state index contributed by atoms with van der Waals surface area (Å²) in [4.78, 5) is 23.8. The minimum absolute atomic E-state index is 0.0504. The Hall–Kier alpha value is -2.80. The zero-order chi connectivity index (χ0) is 18.7. The molecule has 1 heterocycles. The third-order valence-electron chi connectivity index (χ3n) is 4.84. The lowest BCUT2D eigenvalue weighted by Gasteiger charge is -2.36. The second-order valence-corrected chi connectivity index (χ2v) is 6.41. The van der Waals surface area contributed by atoms with E-state index in [1.165, 1.54) is 18.2 Å². The van der Waals surface area contributed by atoms with E-state index in [2.05, 4.69) is 5.32 Å². The Morgan fingerprint density at radius 2 is 1.85 bits per heavy atom. The van der Waals surface area contributed by atoms with Crippen LogP contribution in [-0.4, -0.2) is 24.0 Å². The van der Waals surface area contributed by atoms with Crippen LogP contribution in [-0.2, 0) is 14.9 Å². The monoisotopic (exact) mass is 358 g/mol. The summed E-state index contributed by atoms with van der Waals surface area (Å²) >= 11 is 0. The molecule has 6 nitrogen and oxygen atoms in total. The van der Waals surface area contributed by atoms with E-state index in [4.69, 9.17) is 4.74 Å². The molecular weight excluding hydrogens is 339 g/mol. The van der Waals surface area contributed by atoms with E-state index in [0.29, 0.717) is 42.9 Å². The highest BCUT2D eigenvalue weighted by molar-refractivity contribution is 5.99. The van der Waals surface area contributed by atoms with Gasteiger partial charge in [0.05, 0.1) is 10.3 Å². The second-order valence-electron chi connectivity index (χ2n) is 6.41. The molecule has 136 valence electrons. The number of benzene rings is 2. The maximum Gasteiger partial charge on any atom is 0.274 e. The molecule has 7 heteroatoms. The van der Waals surface area contributed by atoms with Gasteiger partial charge in [-0.3, -0.25) is 14.9 Å². The van der Waals surface area contributed by atoms with Crippen molar-refractivity contribution in [2.75, 3.05) is 18.5 Å². The molecule has 0 aromatic heterocycles. The predicted octanol–water partition coefficient (Wildman–Crippen LogP) is 3.73. The van der Waals surface area contributed by atoms with Gasteiger partial charge in [-0.2, -0.15) is 0 Å². The van der Waals surface area contributed by atoms with E-state index < -0.39 is 10.3 Å². The first-order chi connectivity index (χ1) is 12.4. The largest absolute Gasteiger partial charge is 0.381 e. The van der Waals surface area contributed by atoms with Crippen LogP contribution in [0.5, 0.6) is 0 Å². The summed E-state index contributed by atoms with van der Waals surface area (Å²) in [7, 11) is 0. The Morgan fingerprint density at radius 3 is 2.46 bits per heavy atom. The molecule has 2 aromatic rings. The van der Waals surface area contributed by atoms with Gasteiger partial charge < -0.3 is 10.1 Å². The van der Waals surface area contributed by atoms with Gasteiger partial charge in [0.1, 0.15) is 5.82 Å². The molecule has 0 atom stereocenters. The minimum atomic E-state index is -0.856. The number of nitrogens with zero attached hydrogens (tertiary/aromatic N) is 1. The molecular formula is C19H19FN2O4. The van der Waals surface area contributed by atoms with Crippen LogP contribution in [0.25, 0.3) is 0 Å². The van der Waals surface area contributed by atoms with Crippen molar-refractivity contribution in [2.45, 2.75) is 25.2 Å². The number of halogens is 1. The maximum absolute atomic E-state index is 13.3. The number of hydrogen-bond acceptors (Lipinski definition) is 4. The van der Waals surface area contributed by atoms with E-state index in [1.807, 2.05) is 0 Å². The summed E-state index contributed by atoms with van der Waals surface area (Å²) in [5.74, 6) is -0.643. The van der Waals surface area contributed by atoms with Crippen molar-refractivity contribution in [1.29, 1.82) is 0 Å². The van der Waals surface area contributed by atoms with Crippen molar-refractivity contribution in [3.63, 3.8) is 0 Å². The van der Waals surface area contributed by atoms with Gasteiger partial charge in [-0.05, 0) is 43.5 Å². The Bertz CT molecular complexity index is 830. The summed E-state index contributed by atoms with van der Waals surface area (Å²) in [6, 6.07) is 10.5. The number of anilines is 1. The standard InChI is InChI=1S/C19H19FN2O4/c1-13-2-7-16(12-17(13)22(24)25)21-18(23)19(8-10-26-11-9-19)14-3-5-15(20)6-4-14/h2-7,12H,8-11H2,1H3,(H,21,23). The Balaban J connectivity index is 1.93. The van der Waals surface area contributed by atoms with E-state index in [0.717, 1.165) is 0 Å². The zero-order valence-corrected chi connectivity index (χ0v) is 14.3. The van der Waals surface area contributed by atoms with Gasteiger partial charge in [0.15, 0.2) is 0 Å². The second kappa shape index (κ2) is 7.21. The quantitative estimate of drug-likeness (QED) is 0.667. The lowest BCUT2D eigenvalue weighted by Crippen LogP contribution is -2.44. The summed E-state index contributed by atoms with van der Waals surface area (Å²) in [5.41, 5.74) is 0.686. The molecule has 0 bridgehead atoms. The van der Waals surface area contributed by atoms with E-state index in [1.54, 1.807) is 31.2 Å². The number of carbonyl (C=O) groups is 1. The Morgan fingerprint density at radius 1 is 1.19 bits per heavy atom. The van der Waals surface area contributed by atoms with E-state index >= 15 is 0 Å². The fourth-order valence-electron chi connectivity index (χ4n) is 3.27. The molecule has 1 aliphatic heterocycles. The lowest BCUT2D eigenvalue weighted by atomic mass is 9.73. The van der Waals surface area contributed by atoms with Gasteiger partial charge in [-0.1, -0.05) is 18.2 Å². The highest BCUT2D eigenvalue weighted by Crippen LogP contribution is 2.36. The molecule has 0 spiro atoms. The van der Waals surface area contributed by atoms with Crippen LogP contribution < -0.4 is 5.32 Å². The van der Waals surface area contributed by atoms with Crippen LogP contribution in [0.15, 0.2) is 42.5 Å². The number of hydrogen-bond donors (Lipinski definition) is 1. The molecule has 0 aliphatic carbocycles. The number of nitro groups is 1. The third kappa shape index (κ3) is 3.43. The van der Waals surface area contributed by atoms with Gasteiger partial charge in [0.25, 0.3) is 5.69 Å². The number of nitrogens with one attached hydrogen (secondary N) is 1. The molecule has 1 saturated heterocycles. The van der Waals surface area contributed by atoms with Crippen LogP contribution in [0.1, 0.15) is 24.0 Å². The van der Waals surface area contributed by atoms with Crippen molar-refractivity contribution < 1.29 is 18.8 Å². The average molecular weight is 358 g/mol. The third-order valence-corrected chi connectivity index (χ3v) is 4.84. The molecule has 2 aromatic carbocycles. The van der Waals surface area contributed by atoms with Gasteiger partial charge in [-0.25, -0.2) is 4.39 Å². The van der Waals surface area contributed by atoms with Gasteiger partial charge in [0.2, 0.25) is 5.91 Å². The molecule has 1 N–H and O–H groups in total. The molecule has 0 radical (unpaired) electrons. The minimum Gasteiger partial charge on any atom is -0.381 e. The van der Waals surface area contributed by atoms with E-state index in [9.17, 15) is 19.3 Å². The number of ether oxygens (including phenoxy) is 1. The maximum atomic E-state index is 13.3. The van der Waals surface area contributed by atoms with Crippen molar-refractivity contribution in [2.24, 2.45) is 0 Å². The van der Waals surface area contributed by atoms with Crippen molar-refractivity contribution in [1.82, 2.24) is 0 Å². The first-order valence-corrected chi connectivity index (χ1v) is 8.33. The zero-order valence-electron chi connectivity index (χ0n) is 14.3. The van der Waals surface area contributed by atoms with Crippen molar-refractivity contribution >= 4 is 17.3 Å². The van der Waals surface area contributed by atoms with Crippen molar-refractivity contribution in [3.05, 3.63) is 69.5 Å². The number of amides is 1. The van der Waals surface area contributed by atoms with Gasteiger partial charge in [0, 0.05) is 30.5 Å². The molecule has 1 amide bonds. The summed E-state index contributed by atoms with van der Waals surface area (Å²) in [6.07, 6.45) is 0.914. The predicted molar refractivity (Wildman–Crippen MR) is 94.6 cm³/mol. The Kier molecular flexibility index (Phi) is 4.99. The molecule has 3 rings (SSSR count). The van der Waals surface area contributed by atoms with Crippen LogP contribution in [0, 0.1) is 22.9 Å². The molecule has 1 aliphatic rings. The average Bonchev–Trinajstić information content (AvgIpc) is 2.64. The lowest BCUT2D eigenvalue weighted by molar-refractivity contribution is -0.385. The fraction of sp³-hybridized carbons (Fsp3) is 0.316. The first kappa shape index (κ1) is 18.0. The highest BCUT2D eigenvalue weighted by atomic mass is 19.1. The topological polar surface area (TPSA) is 81.5 Å². The fourth-order valence-corrected chi connectivity index (χ4v) is 3.27.